The molecule has 0 heterocycles. The quantitative estimate of drug-likeness (QED) is 0.306. The Morgan fingerprint density at radius 2 is 1.97 bits per heavy atom. The zero-order valence-electron chi connectivity index (χ0n) is 18.4. The average Bonchev–Trinajstić information content (AvgIpc) is 2.99. The standard InChI is InChI=1S/C25H36O6/c1-2-31-17-19-9-7-8-18(14-19)15-20(26)12-13-22-21(23(27)16-24(22)28)10-5-3-4-6-11-25(29)30/h7-9,12-14,20-22,24,26,28H,2-6,10-11,15-17H2,1H3,(H,29,30)/t20-,21+,22+,24+/m0/s1. The first kappa shape index (κ1) is 25.2. The lowest BCUT2D eigenvalue weighted by Crippen LogP contribution is -2.19. The van der Waals surface area contributed by atoms with Gasteiger partial charge in [0.2, 0.25) is 0 Å². The van der Waals surface area contributed by atoms with Crippen molar-refractivity contribution in [1.82, 2.24) is 0 Å². The van der Waals surface area contributed by atoms with Crippen LogP contribution in [0, 0.1) is 11.8 Å². The van der Waals surface area contributed by atoms with Gasteiger partial charge in [-0.3, -0.25) is 9.59 Å². The Kier molecular flexibility index (Phi) is 10.9. The summed E-state index contributed by atoms with van der Waals surface area (Å²) in [6.45, 7) is 3.15. The van der Waals surface area contributed by atoms with E-state index in [1.54, 1.807) is 12.2 Å². The number of Topliss-reactive ketones (excluding diaryl/α,β-unsaturated/α-hetero) is 1. The maximum Gasteiger partial charge on any atom is 0.303 e. The summed E-state index contributed by atoms with van der Waals surface area (Å²) in [4.78, 5) is 22.9. The number of ether oxygens (including phenoxy) is 1. The molecule has 172 valence electrons. The van der Waals surface area contributed by atoms with Crippen molar-refractivity contribution in [3.05, 3.63) is 47.5 Å². The Morgan fingerprint density at radius 1 is 1.23 bits per heavy atom. The van der Waals surface area contributed by atoms with Crippen LogP contribution in [0.3, 0.4) is 0 Å². The SMILES string of the molecule is CCOCc1cccc(C[C@@H](O)C=C[C@H]2[C@H](O)CC(=O)[C@@H]2CCCCCCC(=O)O)c1. The number of carbonyl (C=O) groups excluding carboxylic acids is 1. The first-order valence-corrected chi connectivity index (χ1v) is 11.3. The molecule has 0 radical (unpaired) electrons. The highest BCUT2D eigenvalue weighted by atomic mass is 16.5. The lowest BCUT2D eigenvalue weighted by atomic mass is 9.88. The average molecular weight is 433 g/mol. The highest BCUT2D eigenvalue weighted by Gasteiger charge is 2.39. The van der Waals surface area contributed by atoms with E-state index in [4.69, 9.17) is 9.84 Å². The van der Waals surface area contributed by atoms with Crippen molar-refractivity contribution >= 4 is 11.8 Å². The number of hydrogen-bond donors (Lipinski definition) is 3. The summed E-state index contributed by atoms with van der Waals surface area (Å²) in [5.41, 5.74) is 2.08. The van der Waals surface area contributed by atoms with E-state index in [2.05, 4.69) is 0 Å². The van der Waals surface area contributed by atoms with E-state index in [1.165, 1.54) is 0 Å². The van der Waals surface area contributed by atoms with E-state index >= 15 is 0 Å². The molecule has 31 heavy (non-hydrogen) atoms. The molecule has 1 aliphatic rings. The Bertz CT molecular complexity index is 728. The molecule has 6 heteroatoms. The van der Waals surface area contributed by atoms with Gasteiger partial charge >= 0.3 is 5.97 Å². The van der Waals surface area contributed by atoms with Gasteiger partial charge in [-0.15, -0.1) is 0 Å². The van der Waals surface area contributed by atoms with E-state index in [0.717, 1.165) is 30.4 Å². The van der Waals surface area contributed by atoms with Crippen LogP contribution in [0.4, 0.5) is 0 Å². The minimum Gasteiger partial charge on any atom is -0.481 e. The lowest BCUT2D eigenvalue weighted by molar-refractivity contribution is -0.137. The van der Waals surface area contributed by atoms with Gasteiger partial charge in [0.05, 0.1) is 18.8 Å². The van der Waals surface area contributed by atoms with E-state index in [0.29, 0.717) is 32.5 Å². The molecule has 0 aromatic heterocycles. The Labute approximate surface area is 184 Å². The summed E-state index contributed by atoms with van der Waals surface area (Å²) < 4.78 is 5.43. The summed E-state index contributed by atoms with van der Waals surface area (Å²) in [6, 6.07) is 7.93. The topological polar surface area (TPSA) is 104 Å². The summed E-state index contributed by atoms with van der Waals surface area (Å²) >= 11 is 0. The molecular formula is C25H36O6. The Hall–Kier alpha value is -2.02. The molecule has 2 rings (SSSR count). The third-order valence-electron chi connectivity index (χ3n) is 5.85. The first-order valence-electron chi connectivity index (χ1n) is 11.3. The van der Waals surface area contributed by atoms with Crippen LogP contribution < -0.4 is 0 Å². The van der Waals surface area contributed by atoms with E-state index in [-0.39, 0.29) is 30.5 Å². The van der Waals surface area contributed by atoms with Crippen LogP contribution in [0.2, 0.25) is 0 Å². The maximum absolute atomic E-state index is 12.3. The van der Waals surface area contributed by atoms with Gasteiger partial charge in [0.25, 0.3) is 0 Å². The van der Waals surface area contributed by atoms with Crippen molar-refractivity contribution in [3.8, 4) is 0 Å². The highest BCUT2D eigenvalue weighted by Crippen LogP contribution is 2.34. The van der Waals surface area contributed by atoms with Crippen LogP contribution >= 0.6 is 0 Å². The molecule has 6 nitrogen and oxygen atoms in total. The minimum absolute atomic E-state index is 0.0748. The molecule has 0 bridgehead atoms. The molecule has 1 saturated carbocycles. The fourth-order valence-electron chi connectivity index (χ4n) is 4.22. The molecule has 1 aliphatic carbocycles. The fourth-order valence-corrected chi connectivity index (χ4v) is 4.22. The molecule has 1 aromatic carbocycles. The number of hydrogen-bond acceptors (Lipinski definition) is 5. The van der Waals surface area contributed by atoms with Crippen molar-refractivity contribution in [2.24, 2.45) is 11.8 Å². The van der Waals surface area contributed by atoms with Crippen molar-refractivity contribution in [2.75, 3.05) is 6.61 Å². The zero-order chi connectivity index (χ0) is 22.6. The van der Waals surface area contributed by atoms with Gasteiger partial charge in [-0.05, 0) is 30.9 Å². The van der Waals surface area contributed by atoms with Gasteiger partial charge in [-0.2, -0.15) is 0 Å². The lowest BCUT2D eigenvalue weighted by Gasteiger charge is -2.18. The van der Waals surface area contributed by atoms with Crippen LogP contribution in [0.25, 0.3) is 0 Å². The third kappa shape index (κ3) is 8.93. The molecule has 4 atom stereocenters. The smallest absolute Gasteiger partial charge is 0.303 e. The number of carboxylic acids is 1. The van der Waals surface area contributed by atoms with E-state index < -0.39 is 18.2 Å². The Balaban J connectivity index is 1.85. The number of aliphatic hydroxyl groups excluding tert-OH is 2. The van der Waals surface area contributed by atoms with Crippen LogP contribution in [0.15, 0.2) is 36.4 Å². The van der Waals surface area contributed by atoms with Crippen LogP contribution in [-0.4, -0.2) is 45.9 Å². The van der Waals surface area contributed by atoms with Gasteiger partial charge in [0.1, 0.15) is 5.78 Å². The number of ketones is 1. The number of rotatable bonds is 14. The van der Waals surface area contributed by atoms with E-state index in [1.807, 2.05) is 31.2 Å². The fraction of sp³-hybridized carbons (Fsp3) is 0.600. The molecule has 0 unspecified atom stereocenters. The predicted molar refractivity (Wildman–Crippen MR) is 119 cm³/mol. The van der Waals surface area contributed by atoms with Crippen LogP contribution in [0.5, 0.6) is 0 Å². The van der Waals surface area contributed by atoms with E-state index in [9.17, 15) is 19.8 Å². The predicted octanol–water partition coefficient (Wildman–Crippen LogP) is 3.67. The second-order valence-electron chi connectivity index (χ2n) is 8.38. The molecule has 1 fully saturated rings. The molecule has 3 N–H and O–H groups in total. The van der Waals surface area contributed by atoms with Gasteiger partial charge in [0, 0.05) is 37.7 Å². The summed E-state index contributed by atoms with van der Waals surface area (Å²) in [6.07, 6.45) is 6.79. The molecule has 0 aliphatic heterocycles. The van der Waals surface area contributed by atoms with Gasteiger partial charge in [-0.1, -0.05) is 55.7 Å². The van der Waals surface area contributed by atoms with Gasteiger partial charge < -0.3 is 20.1 Å². The molecule has 0 saturated heterocycles. The number of carboxylic acid groups (broad SMARTS) is 1. The first-order chi connectivity index (χ1) is 14.9. The van der Waals surface area contributed by atoms with Crippen molar-refractivity contribution in [3.63, 3.8) is 0 Å². The minimum atomic E-state index is -0.779. The molecule has 0 amide bonds. The molecule has 1 aromatic rings. The molecule has 0 spiro atoms. The van der Waals surface area contributed by atoms with Gasteiger partial charge in [0.15, 0.2) is 0 Å². The number of benzene rings is 1. The number of unbranched alkanes of at least 4 members (excludes halogenated alkanes) is 3. The maximum atomic E-state index is 12.3. The summed E-state index contributed by atoms with van der Waals surface area (Å²) in [5.74, 6) is -1.21. The largest absolute Gasteiger partial charge is 0.481 e. The van der Waals surface area contributed by atoms with Crippen LogP contribution in [-0.2, 0) is 27.4 Å². The Morgan fingerprint density at radius 3 is 2.71 bits per heavy atom. The van der Waals surface area contributed by atoms with Crippen molar-refractivity contribution in [2.45, 2.75) is 77.1 Å². The number of aliphatic carboxylic acids is 1. The summed E-state index contributed by atoms with van der Waals surface area (Å²) in [5, 5.41) is 29.5. The second kappa shape index (κ2) is 13.4. The zero-order valence-corrected chi connectivity index (χ0v) is 18.4. The normalized spacial score (nSPS) is 22.3. The van der Waals surface area contributed by atoms with Crippen molar-refractivity contribution in [1.29, 1.82) is 0 Å². The summed E-state index contributed by atoms with van der Waals surface area (Å²) in [7, 11) is 0. The monoisotopic (exact) mass is 432 g/mol. The number of carbonyl (C=O) groups is 2. The molecular weight excluding hydrogens is 396 g/mol. The van der Waals surface area contributed by atoms with Crippen molar-refractivity contribution < 1.29 is 29.6 Å². The third-order valence-corrected chi connectivity index (χ3v) is 5.85. The van der Waals surface area contributed by atoms with Crippen LogP contribution in [0.1, 0.15) is 63.0 Å². The van der Waals surface area contributed by atoms with Gasteiger partial charge in [-0.25, -0.2) is 0 Å². The second-order valence-corrected chi connectivity index (χ2v) is 8.38. The highest BCUT2D eigenvalue weighted by molar-refractivity contribution is 5.84. The number of aliphatic hydroxyl groups is 2.